The standard InChI is InChI=1S/C17H10ClF3N4O2S2/c18-9-1-6-12-14(7-9)28-16(23-12)13-8-15(17(19,20)21)24-25(13)10-2-4-11(5-3-10)29(22,26)27/h1-8H,(H2,22,26,27). The van der Waals surface area contributed by atoms with Gasteiger partial charge in [-0.25, -0.2) is 23.2 Å². The van der Waals surface area contributed by atoms with E-state index in [1.54, 1.807) is 18.2 Å². The van der Waals surface area contributed by atoms with Crippen molar-refractivity contribution in [1.29, 1.82) is 0 Å². The minimum absolute atomic E-state index is 0.109. The monoisotopic (exact) mass is 458 g/mol. The Hall–Kier alpha value is -2.47. The number of hydrogen-bond acceptors (Lipinski definition) is 5. The van der Waals surface area contributed by atoms with Gasteiger partial charge in [0.05, 0.1) is 20.8 Å². The second kappa shape index (κ2) is 6.80. The third-order valence-electron chi connectivity index (χ3n) is 3.98. The first-order valence-corrected chi connectivity index (χ1v) is 10.6. The molecule has 0 unspecified atom stereocenters. The van der Waals surface area contributed by atoms with Crippen molar-refractivity contribution in [2.24, 2.45) is 5.14 Å². The van der Waals surface area contributed by atoms with E-state index in [4.69, 9.17) is 16.7 Å². The Morgan fingerprint density at radius 2 is 1.76 bits per heavy atom. The molecule has 0 saturated carbocycles. The normalized spacial score (nSPS) is 12.6. The Morgan fingerprint density at radius 1 is 1.07 bits per heavy atom. The number of hydrogen-bond donors (Lipinski definition) is 1. The predicted molar refractivity (Wildman–Crippen MR) is 104 cm³/mol. The van der Waals surface area contributed by atoms with Crippen LogP contribution in [0.5, 0.6) is 0 Å². The zero-order valence-corrected chi connectivity index (χ0v) is 16.6. The van der Waals surface area contributed by atoms with Crippen molar-refractivity contribution in [3.8, 4) is 16.4 Å². The van der Waals surface area contributed by atoms with Crippen molar-refractivity contribution < 1.29 is 21.6 Å². The predicted octanol–water partition coefficient (Wildman–Crippen LogP) is 4.47. The minimum Gasteiger partial charge on any atom is -0.234 e. The van der Waals surface area contributed by atoms with E-state index in [1.807, 2.05) is 0 Å². The van der Waals surface area contributed by atoms with Crippen LogP contribution >= 0.6 is 22.9 Å². The third-order valence-corrected chi connectivity index (χ3v) is 6.18. The molecule has 0 bridgehead atoms. The second-order valence-electron chi connectivity index (χ2n) is 5.99. The van der Waals surface area contributed by atoms with Crippen molar-refractivity contribution in [2.45, 2.75) is 11.1 Å². The minimum atomic E-state index is -4.67. The lowest BCUT2D eigenvalue weighted by Gasteiger charge is -2.06. The molecule has 0 atom stereocenters. The molecule has 2 heterocycles. The molecule has 0 aliphatic carbocycles. The van der Waals surface area contributed by atoms with Gasteiger partial charge < -0.3 is 0 Å². The van der Waals surface area contributed by atoms with E-state index in [0.717, 1.165) is 10.7 Å². The topological polar surface area (TPSA) is 90.9 Å². The van der Waals surface area contributed by atoms with Crippen LogP contribution in [0.3, 0.4) is 0 Å². The summed E-state index contributed by atoms with van der Waals surface area (Å²) in [4.78, 5) is 4.21. The molecule has 2 N–H and O–H groups in total. The van der Waals surface area contributed by atoms with Gasteiger partial charge in [-0.15, -0.1) is 11.3 Å². The number of aromatic nitrogens is 3. The summed E-state index contributed by atoms with van der Waals surface area (Å²) < 4.78 is 64.5. The molecule has 4 rings (SSSR count). The Balaban J connectivity index is 1.90. The zero-order valence-electron chi connectivity index (χ0n) is 14.2. The molecule has 2 aromatic carbocycles. The molecule has 2 aromatic heterocycles. The molecule has 0 aliphatic heterocycles. The highest BCUT2D eigenvalue weighted by atomic mass is 35.5. The van der Waals surface area contributed by atoms with Crippen LogP contribution in [0.15, 0.2) is 53.4 Å². The van der Waals surface area contributed by atoms with E-state index in [1.165, 1.54) is 35.6 Å². The first kappa shape index (κ1) is 19.8. The van der Waals surface area contributed by atoms with Gasteiger partial charge in [0.2, 0.25) is 10.0 Å². The lowest BCUT2D eigenvalue weighted by molar-refractivity contribution is -0.141. The molecule has 0 radical (unpaired) electrons. The van der Waals surface area contributed by atoms with Crippen LogP contribution < -0.4 is 5.14 Å². The SMILES string of the molecule is NS(=O)(=O)c1ccc(-n2nc(C(F)(F)F)cc2-c2nc3ccc(Cl)cc3s2)cc1. The molecular formula is C17H10ClF3N4O2S2. The highest BCUT2D eigenvalue weighted by Gasteiger charge is 2.35. The fraction of sp³-hybridized carbons (Fsp3) is 0.0588. The largest absolute Gasteiger partial charge is 0.435 e. The summed E-state index contributed by atoms with van der Waals surface area (Å²) >= 11 is 7.14. The lowest BCUT2D eigenvalue weighted by atomic mass is 10.3. The van der Waals surface area contributed by atoms with E-state index in [2.05, 4.69) is 10.1 Å². The van der Waals surface area contributed by atoms with Gasteiger partial charge in [0, 0.05) is 5.02 Å². The quantitative estimate of drug-likeness (QED) is 0.490. The molecule has 6 nitrogen and oxygen atoms in total. The van der Waals surface area contributed by atoms with Crippen LogP contribution in [-0.2, 0) is 16.2 Å². The summed E-state index contributed by atoms with van der Waals surface area (Å²) in [7, 11) is -3.94. The summed E-state index contributed by atoms with van der Waals surface area (Å²) in [6.07, 6.45) is -4.67. The lowest BCUT2D eigenvalue weighted by Crippen LogP contribution is -2.12. The van der Waals surface area contributed by atoms with Crippen molar-refractivity contribution in [2.75, 3.05) is 0 Å². The summed E-state index contributed by atoms with van der Waals surface area (Å²) in [5, 5.41) is 9.51. The molecular weight excluding hydrogens is 449 g/mol. The highest BCUT2D eigenvalue weighted by Crippen LogP contribution is 2.37. The van der Waals surface area contributed by atoms with Crippen LogP contribution in [0.1, 0.15) is 5.69 Å². The first-order chi connectivity index (χ1) is 13.5. The number of alkyl halides is 3. The highest BCUT2D eigenvalue weighted by molar-refractivity contribution is 7.89. The average molecular weight is 459 g/mol. The van der Waals surface area contributed by atoms with Crippen molar-refractivity contribution in [3.05, 3.63) is 59.2 Å². The maximum atomic E-state index is 13.3. The third kappa shape index (κ3) is 3.86. The van der Waals surface area contributed by atoms with Crippen LogP contribution in [0.4, 0.5) is 13.2 Å². The van der Waals surface area contributed by atoms with Gasteiger partial charge in [0.25, 0.3) is 0 Å². The van der Waals surface area contributed by atoms with Gasteiger partial charge in [-0.2, -0.15) is 18.3 Å². The van der Waals surface area contributed by atoms with Crippen molar-refractivity contribution >= 4 is 43.2 Å². The zero-order chi connectivity index (χ0) is 21.0. The van der Waals surface area contributed by atoms with Gasteiger partial charge in [0.15, 0.2) is 5.69 Å². The first-order valence-electron chi connectivity index (χ1n) is 7.89. The number of halogens is 4. The summed E-state index contributed by atoms with van der Waals surface area (Å²) in [6.45, 7) is 0. The van der Waals surface area contributed by atoms with Crippen LogP contribution in [-0.4, -0.2) is 23.2 Å². The number of nitrogens with zero attached hydrogens (tertiary/aromatic N) is 3. The molecule has 29 heavy (non-hydrogen) atoms. The average Bonchev–Trinajstić information content (AvgIpc) is 3.24. The molecule has 0 amide bonds. The van der Waals surface area contributed by atoms with Gasteiger partial charge in [-0.05, 0) is 48.5 Å². The summed E-state index contributed by atoms with van der Waals surface area (Å²) in [5.74, 6) is 0. The fourth-order valence-electron chi connectivity index (χ4n) is 2.65. The maximum absolute atomic E-state index is 13.3. The Kier molecular flexibility index (Phi) is 4.65. The Morgan fingerprint density at radius 3 is 2.38 bits per heavy atom. The van der Waals surface area contributed by atoms with Gasteiger partial charge >= 0.3 is 6.18 Å². The molecule has 0 aliphatic rings. The molecule has 4 aromatic rings. The number of rotatable bonds is 3. The van der Waals surface area contributed by atoms with Crippen molar-refractivity contribution in [3.63, 3.8) is 0 Å². The summed E-state index contributed by atoms with van der Waals surface area (Å²) in [5.41, 5.74) is -0.182. The number of fused-ring (bicyclic) bond motifs is 1. The molecule has 0 spiro atoms. The van der Waals surface area contributed by atoms with Gasteiger partial charge in [-0.1, -0.05) is 11.6 Å². The van der Waals surface area contributed by atoms with E-state index < -0.39 is 21.9 Å². The van der Waals surface area contributed by atoms with Gasteiger partial charge in [0.1, 0.15) is 10.7 Å². The number of benzene rings is 2. The smallest absolute Gasteiger partial charge is 0.234 e. The van der Waals surface area contributed by atoms with E-state index >= 15 is 0 Å². The molecule has 12 heteroatoms. The van der Waals surface area contributed by atoms with Crippen LogP contribution in [0.25, 0.3) is 26.6 Å². The number of primary sulfonamides is 1. The molecule has 0 saturated heterocycles. The molecule has 0 fully saturated rings. The second-order valence-corrected chi connectivity index (χ2v) is 9.02. The van der Waals surface area contributed by atoms with Crippen LogP contribution in [0.2, 0.25) is 5.02 Å². The Labute approximate surface area is 171 Å². The number of sulfonamides is 1. The molecule has 150 valence electrons. The summed E-state index contributed by atoms with van der Waals surface area (Å²) in [6, 6.07) is 10.9. The Bertz CT molecular complexity index is 1330. The van der Waals surface area contributed by atoms with Crippen LogP contribution in [0, 0.1) is 0 Å². The fourth-order valence-corrected chi connectivity index (χ4v) is 4.41. The van der Waals surface area contributed by atoms with Crippen molar-refractivity contribution in [1.82, 2.24) is 14.8 Å². The van der Waals surface area contributed by atoms with E-state index in [-0.39, 0.29) is 16.3 Å². The van der Waals surface area contributed by atoms with Gasteiger partial charge in [-0.3, -0.25) is 0 Å². The van der Waals surface area contributed by atoms with E-state index in [0.29, 0.717) is 20.2 Å². The number of thiazole rings is 1. The maximum Gasteiger partial charge on any atom is 0.435 e. The van der Waals surface area contributed by atoms with E-state index in [9.17, 15) is 21.6 Å². The number of nitrogens with two attached hydrogens (primary N) is 1.